The molecule has 0 amide bonds. The first-order valence-electron chi connectivity index (χ1n) is 15.5. The number of unbranched alkanes of at least 4 members (excludes halogenated alkanes) is 1. The summed E-state index contributed by atoms with van der Waals surface area (Å²) in [5.74, 6) is 1.72. The number of para-hydroxylation sites is 1. The van der Waals surface area contributed by atoms with Gasteiger partial charge in [-0.15, -0.1) is 0 Å². The highest BCUT2D eigenvalue weighted by Gasteiger charge is 2.31. The second-order valence-corrected chi connectivity index (χ2v) is 11.9. The van der Waals surface area contributed by atoms with Crippen LogP contribution >= 0.6 is 0 Å². The number of anilines is 1. The second-order valence-electron chi connectivity index (χ2n) is 11.9. The largest absolute Gasteiger partial charge is 0.476 e. The van der Waals surface area contributed by atoms with Crippen molar-refractivity contribution in [2.45, 2.75) is 58.7 Å². The summed E-state index contributed by atoms with van der Waals surface area (Å²) in [6, 6.07) is 16.1. The molecule has 10 heteroatoms. The Balaban J connectivity index is 1.47. The van der Waals surface area contributed by atoms with E-state index in [1.807, 2.05) is 36.4 Å². The summed E-state index contributed by atoms with van der Waals surface area (Å²) < 4.78 is 18.9. The number of hydrogen-bond donors (Lipinski definition) is 1. The van der Waals surface area contributed by atoms with Gasteiger partial charge in [0.15, 0.2) is 11.4 Å². The third kappa shape index (κ3) is 8.46. The van der Waals surface area contributed by atoms with E-state index in [-0.39, 0.29) is 5.97 Å². The molecule has 0 unspecified atom stereocenters. The zero-order valence-electron chi connectivity index (χ0n) is 27.1. The number of aromatic nitrogens is 3. The third-order valence-corrected chi connectivity index (χ3v) is 7.63. The van der Waals surface area contributed by atoms with E-state index in [9.17, 15) is 4.79 Å². The van der Waals surface area contributed by atoms with Crippen molar-refractivity contribution in [3.05, 3.63) is 59.9 Å². The maximum Gasteiger partial charge on any atom is 0.349 e. The molecule has 0 aliphatic heterocycles. The van der Waals surface area contributed by atoms with E-state index in [1.54, 1.807) is 27.9 Å². The maximum absolute atomic E-state index is 12.4. The number of rotatable bonds is 17. The summed E-state index contributed by atoms with van der Waals surface area (Å²) in [6.45, 7) is 10.6. The molecule has 0 fully saturated rings. The van der Waals surface area contributed by atoms with E-state index in [1.165, 1.54) is 0 Å². The molecule has 0 spiro atoms. The first-order valence-corrected chi connectivity index (χ1v) is 15.5. The Labute approximate surface area is 261 Å². The van der Waals surface area contributed by atoms with Gasteiger partial charge in [-0.25, -0.2) is 14.8 Å². The van der Waals surface area contributed by atoms with Crippen molar-refractivity contribution in [1.82, 2.24) is 24.3 Å². The lowest BCUT2D eigenvalue weighted by atomic mass is 10.1. The molecule has 0 aliphatic rings. The van der Waals surface area contributed by atoms with E-state index < -0.39 is 5.60 Å². The number of pyridine rings is 1. The number of nitrogen functional groups attached to an aromatic ring is 1. The van der Waals surface area contributed by atoms with E-state index in [2.05, 4.69) is 45.6 Å². The number of imidazole rings is 1. The maximum atomic E-state index is 12.4. The van der Waals surface area contributed by atoms with E-state index in [0.717, 1.165) is 78.9 Å². The Kier molecular flexibility index (Phi) is 11.5. The van der Waals surface area contributed by atoms with E-state index >= 15 is 0 Å². The number of fused-ring (bicyclic) bond motifs is 3. The van der Waals surface area contributed by atoms with E-state index in [4.69, 9.17) is 24.9 Å². The summed E-state index contributed by atoms with van der Waals surface area (Å²) in [5.41, 5.74) is 9.13. The van der Waals surface area contributed by atoms with Crippen LogP contribution in [0.5, 0.6) is 5.75 Å². The molecule has 2 N–H and O–H groups in total. The zero-order valence-corrected chi connectivity index (χ0v) is 27.1. The van der Waals surface area contributed by atoms with Gasteiger partial charge in [-0.1, -0.05) is 30.3 Å². The van der Waals surface area contributed by atoms with Crippen LogP contribution in [0.15, 0.2) is 48.5 Å². The molecular weight excluding hydrogens is 556 g/mol. The van der Waals surface area contributed by atoms with Crippen molar-refractivity contribution < 1.29 is 19.0 Å². The second kappa shape index (κ2) is 15.3. The van der Waals surface area contributed by atoms with Gasteiger partial charge in [0.25, 0.3) is 0 Å². The zero-order chi connectivity index (χ0) is 31.7. The molecule has 2 aromatic carbocycles. The number of carbonyl (C=O) groups excluding carboxylic acids is 1. The Morgan fingerprint density at radius 1 is 1.02 bits per heavy atom. The van der Waals surface area contributed by atoms with Gasteiger partial charge in [0, 0.05) is 45.1 Å². The molecular formula is C34H48N6O4. The van der Waals surface area contributed by atoms with Crippen LogP contribution in [0.2, 0.25) is 0 Å². The highest BCUT2D eigenvalue weighted by atomic mass is 16.6. The minimum Gasteiger partial charge on any atom is -0.476 e. The molecule has 4 rings (SSSR count). The van der Waals surface area contributed by atoms with Crippen LogP contribution in [0.3, 0.4) is 0 Å². The van der Waals surface area contributed by atoms with Crippen molar-refractivity contribution >= 4 is 33.7 Å². The minimum absolute atomic E-state index is 0.319. The van der Waals surface area contributed by atoms with Crippen LogP contribution in [-0.2, 0) is 33.8 Å². The number of methoxy groups -OCH3 is 1. The number of carbonyl (C=O) groups is 1. The molecule has 0 saturated heterocycles. The van der Waals surface area contributed by atoms with Gasteiger partial charge in [-0.3, -0.25) is 4.90 Å². The first-order chi connectivity index (χ1) is 21.1. The highest BCUT2D eigenvalue weighted by Crippen LogP contribution is 2.29. The van der Waals surface area contributed by atoms with Crippen LogP contribution in [0, 0.1) is 0 Å². The Morgan fingerprint density at radius 3 is 2.57 bits per heavy atom. The topological polar surface area (TPSA) is 108 Å². The molecule has 0 radical (unpaired) electrons. The number of ether oxygens (including phenoxy) is 3. The van der Waals surface area contributed by atoms with Crippen LogP contribution in [0.25, 0.3) is 21.9 Å². The first kappa shape index (κ1) is 33.2. The van der Waals surface area contributed by atoms with Crippen LogP contribution < -0.4 is 10.5 Å². The average molecular weight is 605 g/mol. The number of esters is 1. The Morgan fingerprint density at radius 2 is 1.82 bits per heavy atom. The van der Waals surface area contributed by atoms with Gasteiger partial charge >= 0.3 is 5.97 Å². The van der Waals surface area contributed by atoms with Crippen LogP contribution in [0.4, 0.5) is 5.82 Å². The molecule has 0 bridgehead atoms. The predicted octanol–water partition coefficient (Wildman–Crippen LogP) is 4.92. The predicted molar refractivity (Wildman–Crippen MR) is 176 cm³/mol. The van der Waals surface area contributed by atoms with Crippen molar-refractivity contribution in [3.8, 4) is 5.75 Å². The Bertz CT molecular complexity index is 1530. The molecule has 2 heterocycles. The molecule has 44 heavy (non-hydrogen) atoms. The van der Waals surface area contributed by atoms with Crippen LogP contribution in [-0.4, -0.2) is 90.0 Å². The molecule has 0 saturated carbocycles. The smallest absolute Gasteiger partial charge is 0.349 e. The fourth-order valence-electron chi connectivity index (χ4n) is 5.35. The average Bonchev–Trinajstić information content (AvgIpc) is 3.36. The summed E-state index contributed by atoms with van der Waals surface area (Å²) >= 11 is 0. The summed E-state index contributed by atoms with van der Waals surface area (Å²) in [4.78, 5) is 26.6. The number of nitrogens with two attached hydrogens (primary N) is 1. The number of likely N-dealkylation sites (N-methyl/N-ethyl adjacent to an activating group) is 1. The summed E-state index contributed by atoms with van der Waals surface area (Å²) in [5, 5.41) is 1.06. The van der Waals surface area contributed by atoms with Gasteiger partial charge in [0.05, 0.1) is 24.2 Å². The third-order valence-electron chi connectivity index (χ3n) is 7.63. The van der Waals surface area contributed by atoms with Crippen molar-refractivity contribution in [3.63, 3.8) is 0 Å². The van der Waals surface area contributed by atoms with Gasteiger partial charge < -0.3 is 29.4 Å². The summed E-state index contributed by atoms with van der Waals surface area (Å²) in [7, 11) is 5.91. The number of hydrogen-bond acceptors (Lipinski definition) is 9. The minimum atomic E-state index is -1.06. The van der Waals surface area contributed by atoms with Crippen molar-refractivity contribution in [2.24, 2.45) is 0 Å². The number of aryl methyl sites for hydroxylation is 1. The standard InChI is InChI=1S/C34H48N6O4/c1-7-43-33(41)34(2,3)44-26-14-12-13-25(23-26)24-39(21-20-38(4)5)18-10-11-19-40-29(17-22-42-6)37-30-31(40)27-15-8-9-16-28(27)36-32(30)35/h8-9,12-16,23H,7,10-11,17-22,24H2,1-6H3,(H2,35,36). The van der Waals surface area contributed by atoms with Crippen LogP contribution in [0.1, 0.15) is 45.0 Å². The van der Waals surface area contributed by atoms with Gasteiger partial charge in [-0.2, -0.15) is 0 Å². The lowest BCUT2D eigenvalue weighted by molar-refractivity contribution is -0.158. The lowest BCUT2D eigenvalue weighted by Gasteiger charge is -2.26. The molecule has 2 aromatic heterocycles. The van der Waals surface area contributed by atoms with Gasteiger partial charge in [0.2, 0.25) is 0 Å². The van der Waals surface area contributed by atoms with E-state index in [0.29, 0.717) is 31.2 Å². The molecule has 238 valence electrons. The lowest BCUT2D eigenvalue weighted by Crippen LogP contribution is -2.39. The highest BCUT2D eigenvalue weighted by molar-refractivity contribution is 6.06. The molecule has 10 nitrogen and oxygen atoms in total. The van der Waals surface area contributed by atoms with Gasteiger partial charge in [0.1, 0.15) is 17.1 Å². The Hall–Kier alpha value is -3.73. The molecule has 4 aromatic rings. The van der Waals surface area contributed by atoms with Gasteiger partial charge in [-0.05, 0) is 78.0 Å². The fourth-order valence-corrected chi connectivity index (χ4v) is 5.35. The number of benzene rings is 2. The van der Waals surface area contributed by atoms with Crippen molar-refractivity contribution in [2.75, 3.05) is 59.8 Å². The van der Waals surface area contributed by atoms with Crippen molar-refractivity contribution in [1.29, 1.82) is 0 Å². The monoisotopic (exact) mass is 604 g/mol. The fraction of sp³-hybridized carbons (Fsp3) is 0.500. The molecule has 0 atom stereocenters. The summed E-state index contributed by atoms with van der Waals surface area (Å²) in [6.07, 6.45) is 2.71. The SMILES string of the molecule is CCOC(=O)C(C)(C)Oc1cccc(CN(CCCCn2c(CCOC)nc3c(N)nc4ccccc4c32)CCN(C)C)c1. The normalized spacial score (nSPS) is 12.1. The quantitative estimate of drug-likeness (QED) is 0.133. The number of nitrogens with zero attached hydrogens (tertiary/aromatic N) is 5. The molecule has 0 aliphatic carbocycles.